The fraction of sp³-hybridized carbons (Fsp3) is 0. The lowest BCUT2D eigenvalue weighted by atomic mass is 10.2. The lowest BCUT2D eigenvalue weighted by Gasteiger charge is -2.02. The van der Waals surface area contributed by atoms with Gasteiger partial charge in [0.25, 0.3) is 0 Å². The molecule has 0 bridgehead atoms. The van der Waals surface area contributed by atoms with Gasteiger partial charge in [-0.25, -0.2) is 4.39 Å². The molecule has 0 aliphatic carbocycles. The summed E-state index contributed by atoms with van der Waals surface area (Å²) in [5, 5.41) is 26.3. The molecule has 0 aliphatic heterocycles. The minimum Gasteiger partial charge on any atom is -0.504 e. The molecule has 0 radical (unpaired) electrons. The molecule has 12 heavy (non-hydrogen) atoms. The van der Waals surface area contributed by atoms with Crippen LogP contribution in [-0.4, -0.2) is 10.2 Å². The summed E-state index contributed by atoms with van der Waals surface area (Å²) in [6.07, 6.45) is 0. The van der Waals surface area contributed by atoms with Gasteiger partial charge < -0.3 is 10.2 Å². The highest BCUT2D eigenvalue weighted by atomic mass is 79.9. The number of hydrogen-bond acceptors (Lipinski definition) is 3. The van der Waals surface area contributed by atoms with Crippen LogP contribution in [0.15, 0.2) is 10.5 Å². The highest BCUT2D eigenvalue weighted by Gasteiger charge is 2.14. The molecule has 0 unspecified atom stereocenters. The third kappa shape index (κ3) is 1.21. The number of aromatic hydroxyl groups is 2. The van der Waals surface area contributed by atoms with Crippen LogP contribution in [0.3, 0.4) is 0 Å². The summed E-state index contributed by atoms with van der Waals surface area (Å²) in [5.41, 5.74) is -0.328. The topological polar surface area (TPSA) is 64.2 Å². The van der Waals surface area contributed by atoms with Gasteiger partial charge in [0.1, 0.15) is 17.4 Å². The fourth-order valence-corrected chi connectivity index (χ4v) is 1.18. The van der Waals surface area contributed by atoms with Crippen LogP contribution >= 0.6 is 15.9 Å². The molecule has 0 amide bonds. The monoisotopic (exact) mass is 231 g/mol. The third-order valence-corrected chi connectivity index (χ3v) is 2.06. The molecule has 1 rings (SSSR count). The summed E-state index contributed by atoms with van der Waals surface area (Å²) in [6, 6.07) is 2.22. The number of phenolic OH excluding ortho intramolecular Hbond substituents is 2. The van der Waals surface area contributed by atoms with Gasteiger partial charge in [-0.1, -0.05) is 0 Å². The zero-order chi connectivity index (χ0) is 9.30. The van der Waals surface area contributed by atoms with Crippen molar-refractivity contribution in [3.8, 4) is 17.6 Å². The van der Waals surface area contributed by atoms with Gasteiger partial charge in [-0.3, -0.25) is 0 Å². The number of nitrogens with zero attached hydrogens (tertiary/aromatic N) is 1. The second kappa shape index (κ2) is 2.99. The normalized spacial score (nSPS) is 9.42. The number of halogens is 2. The van der Waals surface area contributed by atoms with E-state index in [1.807, 2.05) is 0 Å². The minimum atomic E-state index is -0.875. The van der Waals surface area contributed by atoms with Gasteiger partial charge in [0.2, 0.25) is 0 Å². The van der Waals surface area contributed by atoms with E-state index >= 15 is 0 Å². The van der Waals surface area contributed by atoms with Gasteiger partial charge in [-0.05, 0) is 15.9 Å². The maximum absolute atomic E-state index is 12.8. The molecule has 0 heterocycles. The predicted octanol–water partition coefficient (Wildman–Crippen LogP) is 1.87. The van der Waals surface area contributed by atoms with Crippen LogP contribution < -0.4 is 0 Å². The molecule has 5 heteroatoms. The molecule has 0 saturated carbocycles. The fourth-order valence-electron chi connectivity index (χ4n) is 0.699. The van der Waals surface area contributed by atoms with E-state index in [0.29, 0.717) is 6.07 Å². The van der Waals surface area contributed by atoms with Crippen LogP contribution in [-0.2, 0) is 0 Å². The van der Waals surface area contributed by atoms with Gasteiger partial charge in [0.15, 0.2) is 11.5 Å². The number of benzene rings is 1. The quantitative estimate of drug-likeness (QED) is 0.671. The Bertz CT molecular complexity index is 373. The molecule has 0 fully saturated rings. The van der Waals surface area contributed by atoms with E-state index < -0.39 is 17.3 Å². The van der Waals surface area contributed by atoms with Crippen molar-refractivity contribution in [2.45, 2.75) is 0 Å². The summed E-state index contributed by atoms with van der Waals surface area (Å²) in [4.78, 5) is 0. The highest BCUT2D eigenvalue weighted by molar-refractivity contribution is 9.10. The Morgan fingerprint density at radius 3 is 2.58 bits per heavy atom. The molecule has 62 valence electrons. The van der Waals surface area contributed by atoms with Crippen molar-refractivity contribution in [3.05, 3.63) is 21.9 Å². The van der Waals surface area contributed by atoms with Gasteiger partial charge in [-0.15, -0.1) is 0 Å². The Kier molecular flexibility index (Phi) is 2.20. The first-order chi connectivity index (χ1) is 5.57. The smallest absolute Gasteiger partial charge is 0.173 e. The standard InChI is InChI=1S/C7H3BrFNO2/c8-6-3(2-10)4(9)1-5(11)7(6)12/h1,11-12H. The van der Waals surface area contributed by atoms with E-state index in [4.69, 9.17) is 15.5 Å². The average molecular weight is 232 g/mol. The van der Waals surface area contributed by atoms with Gasteiger partial charge in [0.05, 0.1) is 4.47 Å². The van der Waals surface area contributed by atoms with Crippen molar-refractivity contribution >= 4 is 15.9 Å². The predicted molar refractivity (Wildman–Crippen MR) is 42.1 cm³/mol. The second-order valence-corrected chi connectivity index (χ2v) is 2.82. The first-order valence-corrected chi connectivity index (χ1v) is 3.67. The summed E-state index contributed by atoms with van der Waals surface area (Å²) in [5.74, 6) is -2.01. The van der Waals surface area contributed by atoms with Crippen LogP contribution in [0.5, 0.6) is 11.5 Å². The molecule has 2 N–H and O–H groups in total. The summed E-state index contributed by atoms with van der Waals surface area (Å²) in [6.45, 7) is 0. The van der Waals surface area contributed by atoms with Gasteiger partial charge >= 0.3 is 0 Å². The van der Waals surface area contributed by atoms with Crippen molar-refractivity contribution in [2.24, 2.45) is 0 Å². The lowest BCUT2D eigenvalue weighted by molar-refractivity contribution is 0.397. The number of phenols is 2. The van der Waals surface area contributed by atoms with Crippen LogP contribution in [0.4, 0.5) is 4.39 Å². The van der Waals surface area contributed by atoms with Gasteiger partial charge in [-0.2, -0.15) is 5.26 Å². The largest absolute Gasteiger partial charge is 0.504 e. The Morgan fingerprint density at radius 2 is 2.08 bits per heavy atom. The lowest BCUT2D eigenvalue weighted by Crippen LogP contribution is -1.86. The Balaban J connectivity index is 3.54. The van der Waals surface area contributed by atoms with E-state index in [1.165, 1.54) is 6.07 Å². The van der Waals surface area contributed by atoms with Crippen molar-refractivity contribution in [2.75, 3.05) is 0 Å². The minimum absolute atomic E-state index is 0.137. The maximum atomic E-state index is 12.8. The van der Waals surface area contributed by atoms with E-state index in [2.05, 4.69) is 15.9 Å². The van der Waals surface area contributed by atoms with Crippen LogP contribution in [0.2, 0.25) is 0 Å². The Labute approximate surface area is 75.8 Å². The molecule has 0 spiro atoms. The van der Waals surface area contributed by atoms with Crippen LogP contribution in [0.1, 0.15) is 5.56 Å². The van der Waals surface area contributed by atoms with Crippen molar-refractivity contribution in [1.82, 2.24) is 0 Å². The molecule has 1 aromatic rings. The molecule has 0 saturated heterocycles. The van der Waals surface area contributed by atoms with E-state index in [9.17, 15) is 4.39 Å². The molecule has 0 aromatic heterocycles. The average Bonchev–Trinajstić information content (AvgIpc) is 2.01. The first kappa shape index (κ1) is 8.81. The van der Waals surface area contributed by atoms with Crippen LogP contribution in [0, 0.1) is 17.1 Å². The molecule has 0 aliphatic rings. The van der Waals surface area contributed by atoms with Crippen molar-refractivity contribution in [1.29, 1.82) is 5.26 Å². The maximum Gasteiger partial charge on any atom is 0.173 e. The number of hydrogen-bond donors (Lipinski definition) is 2. The SMILES string of the molecule is N#Cc1c(F)cc(O)c(O)c1Br. The molecule has 3 nitrogen and oxygen atoms in total. The molecule has 0 atom stereocenters. The summed E-state index contributed by atoms with van der Waals surface area (Å²) < 4.78 is 12.6. The molecular weight excluding hydrogens is 229 g/mol. The Hall–Kier alpha value is -1.28. The Morgan fingerprint density at radius 1 is 1.50 bits per heavy atom. The summed E-state index contributed by atoms with van der Waals surface area (Å²) >= 11 is 2.77. The zero-order valence-electron chi connectivity index (χ0n) is 5.67. The van der Waals surface area contributed by atoms with E-state index in [1.54, 1.807) is 0 Å². The van der Waals surface area contributed by atoms with E-state index in [0.717, 1.165) is 0 Å². The van der Waals surface area contributed by atoms with Crippen LogP contribution in [0.25, 0.3) is 0 Å². The second-order valence-electron chi connectivity index (χ2n) is 2.03. The number of nitriles is 1. The van der Waals surface area contributed by atoms with Crippen molar-refractivity contribution < 1.29 is 14.6 Å². The van der Waals surface area contributed by atoms with Crippen molar-refractivity contribution in [3.63, 3.8) is 0 Å². The van der Waals surface area contributed by atoms with E-state index in [-0.39, 0.29) is 10.0 Å². The third-order valence-electron chi connectivity index (χ3n) is 1.28. The zero-order valence-corrected chi connectivity index (χ0v) is 7.26. The number of rotatable bonds is 0. The van der Waals surface area contributed by atoms with Gasteiger partial charge in [0, 0.05) is 6.07 Å². The summed E-state index contributed by atoms with van der Waals surface area (Å²) in [7, 11) is 0. The molecular formula is C7H3BrFNO2. The molecule has 1 aromatic carbocycles. The highest BCUT2D eigenvalue weighted by Crippen LogP contribution is 2.36. The first-order valence-electron chi connectivity index (χ1n) is 2.88.